The van der Waals surface area contributed by atoms with Gasteiger partial charge < -0.3 is 14.6 Å². The summed E-state index contributed by atoms with van der Waals surface area (Å²) < 4.78 is 5.06. The highest BCUT2D eigenvalue weighted by molar-refractivity contribution is 5.51. The number of hydrogen-bond donors (Lipinski definition) is 1. The van der Waals surface area contributed by atoms with Crippen LogP contribution in [0.5, 0.6) is 5.75 Å². The number of aliphatic hydroxyl groups is 1. The molecule has 16 heavy (non-hydrogen) atoms. The summed E-state index contributed by atoms with van der Waals surface area (Å²) in [5.41, 5.74) is 0.230. The summed E-state index contributed by atoms with van der Waals surface area (Å²) in [6.45, 7) is 1.69. The highest BCUT2D eigenvalue weighted by Gasteiger charge is 2.19. The van der Waals surface area contributed by atoms with Crippen LogP contribution in [-0.2, 0) is 11.2 Å². The van der Waals surface area contributed by atoms with E-state index in [0.717, 1.165) is 24.0 Å². The summed E-state index contributed by atoms with van der Waals surface area (Å²) in [5.74, 6) is 0.823. The lowest BCUT2D eigenvalue weighted by Crippen LogP contribution is -2.25. The molecule has 3 heteroatoms. The maximum atomic E-state index is 10.3. The Morgan fingerprint density at radius 2 is 2.00 bits per heavy atom. The maximum absolute atomic E-state index is 10.3. The van der Waals surface area contributed by atoms with Crippen molar-refractivity contribution in [1.82, 2.24) is 0 Å². The number of hydrogen-bond acceptors (Lipinski definition) is 3. The average Bonchev–Trinajstić information content (AvgIpc) is 2.27. The topological polar surface area (TPSA) is 46.5 Å². The minimum Gasteiger partial charge on any atom is -0.497 e. The number of ether oxygens (including phenoxy) is 1. The van der Waals surface area contributed by atoms with Crippen LogP contribution in [0.25, 0.3) is 0 Å². The zero-order chi connectivity index (χ0) is 12.0. The number of rotatable bonds is 6. The molecule has 0 saturated carbocycles. The Hall–Kier alpha value is -1.35. The van der Waals surface area contributed by atoms with E-state index in [4.69, 9.17) is 4.74 Å². The van der Waals surface area contributed by atoms with Gasteiger partial charge >= 0.3 is 0 Å². The molecule has 0 aliphatic rings. The monoisotopic (exact) mass is 222 g/mol. The van der Waals surface area contributed by atoms with E-state index in [1.54, 1.807) is 14.0 Å². The third-order valence-electron chi connectivity index (χ3n) is 2.63. The van der Waals surface area contributed by atoms with Crippen molar-refractivity contribution in [3.05, 3.63) is 29.8 Å². The van der Waals surface area contributed by atoms with Crippen LogP contribution in [0.2, 0.25) is 0 Å². The Morgan fingerprint density at radius 3 is 2.50 bits per heavy atom. The second kappa shape index (κ2) is 5.66. The van der Waals surface area contributed by atoms with Crippen LogP contribution in [0.3, 0.4) is 0 Å². The second-order valence-electron chi connectivity index (χ2n) is 4.22. The molecule has 0 saturated heterocycles. The third kappa shape index (κ3) is 4.03. The molecule has 0 aliphatic carbocycles. The molecular weight excluding hydrogens is 204 g/mol. The van der Waals surface area contributed by atoms with Gasteiger partial charge in [0.25, 0.3) is 0 Å². The lowest BCUT2D eigenvalue weighted by Gasteiger charge is -2.20. The highest BCUT2D eigenvalue weighted by Crippen LogP contribution is 2.18. The van der Waals surface area contributed by atoms with Gasteiger partial charge in [-0.05, 0) is 37.5 Å². The molecule has 1 atom stereocenters. The first-order valence-corrected chi connectivity index (χ1v) is 5.36. The molecule has 1 N–H and O–H groups in total. The van der Waals surface area contributed by atoms with Crippen LogP contribution >= 0.6 is 0 Å². The van der Waals surface area contributed by atoms with Crippen molar-refractivity contribution < 1.29 is 14.6 Å². The van der Waals surface area contributed by atoms with Crippen LogP contribution in [0, 0.1) is 0 Å². The lowest BCUT2D eigenvalue weighted by molar-refractivity contribution is -0.111. The average molecular weight is 222 g/mol. The van der Waals surface area contributed by atoms with E-state index in [9.17, 15) is 9.90 Å². The Morgan fingerprint density at radius 1 is 1.38 bits per heavy atom. The Kier molecular flexibility index (Phi) is 4.50. The van der Waals surface area contributed by atoms with Gasteiger partial charge in [-0.3, -0.25) is 0 Å². The first-order valence-electron chi connectivity index (χ1n) is 5.36. The SMILES string of the molecule is COc1ccc(CCC(C)(O)CC=O)cc1. The van der Waals surface area contributed by atoms with E-state index >= 15 is 0 Å². The number of benzene rings is 1. The van der Waals surface area contributed by atoms with E-state index < -0.39 is 5.60 Å². The Bertz CT molecular complexity index is 328. The Balaban J connectivity index is 2.50. The van der Waals surface area contributed by atoms with Crippen LogP contribution < -0.4 is 4.74 Å². The van der Waals surface area contributed by atoms with E-state index in [0.29, 0.717) is 6.42 Å². The maximum Gasteiger partial charge on any atom is 0.122 e. The van der Waals surface area contributed by atoms with E-state index in [-0.39, 0.29) is 6.42 Å². The van der Waals surface area contributed by atoms with E-state index in [2.05, 4.69) is 0 Å². The first kappa shape index (κ1) is 12.7. The lowest BCUT2D eigenvalue weighted by atomic mass is 9.94. The van der Waals surface area contributed by atoms with Gasteiger partial charge in [0.15, 0.2) is 0 Å². The van der Waals surface area contributed by atoms with Gasteiger partial charge in [0, 0.05) is 6.42 Å². The molecule has 0 spiro atoms. The molecule has 1 unspecified atom stereocenters. The normalized spacial score (nSPS) is 14.2. The fourth-order valence-electron chi connectivity index (χ4n) is 1.49. The summed E-state index contributed by atoms with van der Waals surface area (Å²) in [4.78, 5) is 10.3. The van der Waals surface area contributed by atoms with E-state index in [1.165, 1.54) is 0 Å². The fraction of sp³-hybridized carbons (Fsp3) is 0.462. The molecule has 0 bridgehead atoms. The van der Waals surface area contributed by atoms with Crippen molar-refractivity contribution >= 4 is 6.29 Å². The molecule has 0 fully saturated rings. The van der Waals surface area contributed by atoms with Gasteiger partial charge in [-0.1, -0.05) is 12.1 Å². The van der Waals surface area contributed by atoms with Gasteiger partial charge in [-0.25, -0.2) is 0 Å². The van der Waals surface area contributed by atoms with Gasteiger partial charge in [0.1, 0.15) is 12.0 Å². The standard InChI is InChI=1S/C13H18O3/c1-13(15,9-10-14)8-7-11-3-5-12(16-2)6-4-11/h3-6,10,15H,7-9H2,1-2H3. The number of aldehydes is 1. The van der Waals surface area contributed by atoms with Crippen LogP contribution in [0.4, 0.5) is 0 Å². The zero-order valence-corrected chi connectivity index (χ0v) is 9.77. The van der Waals surface area contributed by atoms with Crippen molar-refractivity contribution in [2.24, 2.45) is 0 Å². The molecule has 0 radical (unpaired) electrons. The van der Waals surface area contributed by atoms with Gasteiger partial charge in [-0.15, -0.1) is 0 Å². The fourth-order valence-corrected chi connectivity index (χ4v) is 1.49. The second-order valence-corrected chi connectivity index (χ2v) is 4.22. The van der Waals surface area contributed by atoms with Gasteiger partial charge in [0.05, 0.1) is 12.7 Å². The summed E-state index contributed by atoms with van der Waals surface area (Å²) in [6.07, 6.45) is 2.28. The van der Waals surface area contributed by atoms with Crippen LogP contribution in [0.1, 0.15) is 25.3 Å². The number of carbonyl (C=O) groups excluding carboxylic acids is 1. The minimum absolute atomic E-state index is 0.184. The summed E-state index contributed by atoms with van der Waals surface area (Å²) in [5, 5.41) is 9.82. The molecule has 1 aromatic rings. The van der Waals surface area contributed by atoms with Crippen molar-refractivity contribution in [3.8, 4) is 5.75 Å². The van der Waals surface area contributed by atoms with Crippen molar-refractivity contribution in [2.75, 3.05) is 7.11 Å². The summed E-state index contributed by atoms with van der Waals surface area (Å²) in [7, 11) is 1.63. The molecule has 0 aliphatic heterocycles. The van der Waals surface area contributed by atoms with Gasteiger partial charge in [0.2, 0.25) is 0 Å². The molecule has 1 aromatic carbocycles. The molecule has 0 amide bonds. The van der Waals surface area contributed by atoms with E-state index in [1.807, 2.05) is 24.3 Å². The van der Waals surface area contributed by atoms with Crippen molar-refractivity contribution in [2.45, 2.75) is 31.8 Å². The minimum atomic E-state index is -0.901. The number of aryl methyl sites for hydroxylation is 1. The third-order valence-corrected chi connectivity index (χ3v) is 2.63. The van der Waals surface area contributed by atoms with Crippen LogP contribution in [-0.4, -0.2) is 24.1 Å². The Labute approximate surface area is 96.1 Å². The quantitative estimate of drug-likeness (QED) is 0.748. The smallest absolute Gasteiger partial charge is 0.122 e. The molecular formula is C13H18O3. The zero-order valence-electron chi connectivity index (χ0n) is 9.77. The summed E-state index contributed by atoms with van der Waals surface area (Å²) in [6, 6.07) is 7.72. The number of carbonyl (C=O) groups is 1. The van der Waals surface area contributed by atoms with Crippen molar-refractivity contribution in [3.63, 3.8) is 0 Å². The molecule has 88 valence electrons. The predicted octanol–water partition coefficient (Wildman–Crippen LogP) is 1.97. The van der Waals surface area contributed by atoms with Gasteiger partial charge in [-0.2, -0.15) is 0 Å². The molecule has 1 rings (SSSR count). The molecule has 0 aromatic heterocycles. The first-order chi connectivity index (χ1) is 7.57. The molecule has 0 heterocycles. The highest BCUT2D eigenvalue weighted by atomic mass is 16.5. The summed E-state index contributed by atoms with van der Waals surface area (Å²) >= 11 is 0. The van der Waals surface area contributed by atoms with Crippen molar-refractivity contribution in [1.29, 1.82) is 0 Å². The van der Waals surface area contributed by atoms with Crippen LogP contribution in [0.15, 0.2) is 24.3 Å². The largest absolute Gasteiger partial charge is 0.497 e. The molecule has 3 nitrogen and oxygen atoms in total. The predicted molar refractivity (Wildman–Crippen MR) is 62.6 cm³/mol. The number of methoxy groups -OCH3 is 1.